The summed E-state index contributed by atoms with van der Waals surface area (Å²) in [5.74, 6) is 0.222. The fourth-order valence-corrected chi connectivity index (χ4v) is 3.21. The summed E-state index contributed by atoms with van der Waals surface area (Å²) in [6, 6.07) is 15.8. The summed E-state index contributed by atoms with van der Waals surface area (Å²) in [6.45, 7) is 0.605. The van der Waals surface area contributed by atoms with E-state index in [1.807, 2.05) is 36.4 Å². The molecule has 1 amide bonds. The number of ether oxygens (including phenoxy) is 2. The van der Waals surface area contributed by atoms with Crippen LogP contribution in [0.25, 0.3) is 0 Å². The minimum atomic E-state index is -0.277. The number of carbonyl (C=O) groups excluding carboxylic acids is 1. The van der Waals surface area contributed by atoms with Gasteiger partial charge in [0, 0.05) is 17.5 Å². The molecule has 0 saturated heterocycles. The van der Waals surface area contributed by atoms with Crippen LogP contribution in [-0.2, 0) is 16.0 Å². The highest BCUT2D eigenvalue weighted by Crippen LogP contribution is 2.21. The monoisotopic (exact) mass is 386 g/mol. The van der Waals surface area contributed by atoms with Crippen LogP contribution in [0.15, 0.2) is 60.8 Å². The maximum atomic E-state index is 13.2. The van der Waals surface area contributed by atoms with E-state index in [1.165, 1.54) is 23.5 Å². The Morgan fingerprint density at radius 3 is 2.78 bits per heavy atom. The first kappa shape index (κ1) is 19.0. The largest absolute Gasteiger partial charge is 0.491 e. The summed E-state index contributed by atoms with van der Waals surface area (Å²) in [7, 11) is 0. The maximum absolute atomic E-state index is 13.2. The van der Waals surface area contributed by atoms with Crippen molar-refractivity contribution in [2.45, 2.75) is 6.42 Å². The average molecular weight is 386 g/mol. The number of halogens is 1. The van der Waals surface area contributed by atoms with Gasteiger partial charge in [-0.1, -0.05) is 30.3 Å². The molecule has 0 saturated carbocycles. The number of thiazole rings is 1. The number of carbonyl (C=O) groups is 1. The highest BCUT2D eigenvalue weighted by molar-refractivity contribution is 7.15. The number of anilines is 1. The Morgan fingerprint density at radius 2 is 1.96 bits per heavy atom. The van der Waals surface area contributed by atoms with Crippen LogP contribution in [0, 0.1) is 5.82 Å². The van der Waals surface area contributed by atoms with Gasteiger partial charge < -0.3 is 9.47 Å². The normalized spacial score (nSPS) is 10.6. The second-order valence-electron chi connectivity index (χ2n) is 5.70. The van der Waals surface area contributed by atoms with Gasteiger partial charge in [0.2, 0.25) is 0 Å². The third-order valence-electron chi connectivity index (χ3n) is 3.54. The molecule has 0 unspecified atom stereocenters. The summed E-state index contributed by atoms with van der Waals surface area (Å²) >= 11 is 1.36. The van der Waals surface area contributed by atoms with Gasteiger partial charge in [-0.3, -0.25) is 10.1 Å². The third kappa shape index (κ3) is 6.47. The molecule has 27 heavy (non-hydrogen) atoms. The predicted molar refractivity (Wildman–Crippen MR) is 103 cm³/mol. The van der Waals surface area contributed by atoms with Crippen molar-refractivity contribution >= 4 is 22.4 Å². The molecular formula is C20H19FN2O3S. The Hall–Kier alpha value is -2.77. The van der Waals surface area contributed by atoms with Gasteiger partial charge in [-0.2, -0.15) is 0 Å². The smallest absolute Gasteiger partial charge is 0.252 e. The fraction of sp³-hybridized carbons (Fsp3) is 0.200. The van der Waals surface area contributed by atoms with Gasteiger partial charge in [0.15, 0.2) is 5.13 Å². The first-order valence-corrected chi connectivity index (χ1v) is 9.25. The summed E-state index contributed by atoms with van der Waals surface area (Å²) in [4.78, 5) is 17.0. The van der Waals surface area contributed by atoms with Crippen LogP contribution in [0.3, 0.4) is 0 Å². The minimum Gasteiger partial charge on any atom is -0.491 e. The molecule has 0 radical (unpaired) electrons. The summed E-state index contributed by atoms with van der Waals surface area (Å²) in [5.41, 5.74) is 0.860. The Labute approximate surface area is 160 Å². The van der Waals surface area contributed by atoms with E-state index in [0.29, 0.717) is 24.8 Å². The molecule has 7 heteroatoms. The zero-order valence-corrected chi connectivity index (χ0v) is 15.4. The van der Waals surface area contributed by atoms with Gasteiger partial charge in [0.25, 0.3) is 5.91 Å². The molecule has 5 nitrogen and oxygen atoms in total. The molecule has 1 aromatic heterocycles. The number of nitrogens with zero attached hydrogens (tertiary/aromatic N) is 1. The minimum absolute atomic E-state index is 0.0725. The molecule has 0 aliphatic carbocycles. The van der Waals surface area contributed by atoms with E-state index >= 15 is 0 Å². The van der Waals surface area contributed by atoms with E-state index in [9.17, 15) is 9.18 Å². The first-order chi connectivity index (χ1) is 13.2. The van der Waals surface area contributed by atoms with Gasteiger partial charge in [-0.25, -0.2) is 9.37 Å². The lowest BCUT2D eigenvalue weighted by molar-refractivity contribution is -0.120. The molecule has 3 aromatic rings. The number of hydrogen-bond acceptors (Lipinski definition) is 5. The molecule has 140 valence electrons. The van der Waals surface area contributed by atoms with Gasteiger partial charge in [-0.05, 0) is 29.8 Å². The predicted octanol–water partition coefficient (Wildman–Crippen LogP) is 3.91. The molecule has 0 spiro atoms. The number of benzene rings is 2. The summed E-state index contributed by atoms with van der Waals surface area (Å²) < 4.78 is 24.0. The van der Waals surface area contributed by atoms with Crippen LogP contribution in [0.4, 0.5) is 9.52 Å². The molecule has 1 N–H and O–H groups in total. The Morgan fingerprint density at radius 1 is 1.11 bits per heavy atom. The molecular weight excluding hydrogens is 367 g/mol. The molecule has 3 rings (SSSR count). The second kappa shape index (κ2) is 9.80. The van der Waals surface area contributed by atoms with E-state index in [0.717, 1.165) is 16.2 Å². The van der Waals surface area contributed by atoms with Crippen LogP contribution < -0.4 is 10.1 Å². The lowest BCUT2D eigenvalue weighted by Gasteiger charge is -2.06. The molecule has 1 heterocycles. The summed E-state index contributed by atoms with van der Waals surface area (Å²) in [5, 5.41) is 3.19. The van der Waals surface area contributed by atoms with Crippen molar-refractivity contribution in [3.05, 3.63) is 77.1 Å². The molecule has 0 aliphatic heterocycles. The number of hydrogen-bond donors (Lipinski definition) is 1. The van der Waals surface area contributed by atoms with Crippen LogP contribution in [-0.4, -0.2) is 30.7 Å². The standard InChI is InChI=1S/C20H19FN2O3S/c21-16-6-4-5-15(11-16)12-18-13-22-20(27-18)23-19(24)14-25-9-10-26-17-7-2-1-3-8-17/h1-8,11,13H,9-10,12,14H2,(H,22,23,24). The number of nitrogens with one attached hydrogen (secondary N) is 1. The lowest BCUT2D eigenvalue weighted by Crippen LogP contribution is -2.20. The highest BCUT2D eigenvalue weighted by atomic mass is 32.1. The quantitative estimate of drug-likeness (QED) is 0.567. The zero-order chi connectivity index (χ0) is 18.9. The van der Waals surface area contributed by atoms with Crippen molar-refractivity contribution in [2.24, 2.45) is 0 Å². The number of para-hydroxylation sites is 1. The van der Waals surface area contributed by atoms with Crippen LogP contribution in [0.2, 0.25) is 0 Å². The van der Waals surface area contributed by atoms with E-state index < -0.39 is 0 Å². The third-order valence-corrected chi connectivity index (χ3v) is 4.45. The highest BCUT2D eigenvalue weighted by Gasteiger charge is 2.08. The Bertz CT molecular complexity index is 870. The average Bonchev–Trinajstić information content (AvgIpc) is 3.09. The van der Waals surface area contributed by atoms with E-state index in [2.05, 4.69) is 10.3 Å². The van der Waals surface area contributed by atoms with E-state index in [-0.39, 0.29) is 18.3 Å². The van der Waals surface area contributed by atoms with Gasteiger partial charge >= 0.3 is 0 Å². The van der Waals surface area contributed by atoms with Crippen molar-refractivity contribution in [3.63, 3.8) is 0 Å². The summed E-state index contributed by atoms with van der Waals surface area (Å²) in [6.07, 6.45) is 2.25. The van der Waals surface area contributed by atoms with Crippen molar-refractivity contribution in [1.82, 2.24) is 4.98 Å². The van der Waals surface area contributed by atoms with Crippen LogP contribution in [0.5, 0.6) is 5.75 Å². The van der Waals surface area contributed by atoms with Gasteiger partial charge in [-0.15, -0.1) is 11.3 Å². The molecule has 0 aliphatic rings. The van der Waals surface area contributed by atoms with Crippen LogP contribution in [0.1, 0.15) is 10.4 Å². The topological polar surface area (TPSA) is 60.5 Å². The number of rotatable bonds is 9. The molecule has 0 atom stereocenters. The van der Waals surface area contributed by atoms with E-state index in [4.69, 9.17) is 9.47 Å². The number of aromatic nitrogens is 1. The Kier molecular flexibility index (Phi) is 6.90. The first-order valence-electron chi connectivity index (χ1n) is 8.43. The van der Waals surface area contributed by atoms with Crippen molar-refractivity contribution in [1.29, 1.82) is 0 Å². The number of amides is 1. The fourth-order valence-electron chi connectivity index (χ4n) is 2.35. The second-order valence-corrected chi connectivity index (χ2v) is 6.82. The molecule has 2 aromatic carbocycles. The van der Waals surface area contributed by atoms with Gasteiger partial charge in [0.1, 0.15) is 24.8 Å². The van der Waals surface area contributed by atoms with E-state index in [1.54, 1.807) is 12.3 Å². The van der Waals surface area contributed by atoms with Crippen molar-refractivity contribution < 1.29 is 18.7 Å². The SMILES string of the molecule is O=C(COCCOc1ccccc1)Nc1ncc(Cc2cccc(F)c2)s1. The lowest BCUT2D eigenvalue weighted by atomic mass is 10.1. The van der Waals surface area contributed by atoms with Crippen molar-refractivity contribution in [3.8, 4) is 5.75 Å². The molecule has 0 bridgehead atoms. The Balaban J connectivity index is 1.36. The van der Waals surface area contributed by atoms with Crippen molar-refractivity contribution in [2.75, 3.05) is 25.1 Å². The zero-order valence-electron chi connectivity index (χ0n) is 14.6. The van der Waals surface area contributed by atoms with Gasteiger partial charge in [0.05, 0.1) is 6.61 Å². The molecule has 0 fully saturated rings. The maximum Gasteiger partial charge on any atom is 0.252 e. The van der Waals surface area contributed by atoms with Crippen LogP contribution >= 0.6 is 11.3 Å².